The van der Waals surface area contributed by atoms with Gasteiger partial charge in [0.2, 0.25) is 0 Å². The van der Waals surface area contributed by atoms with Crippen molar-refractivity contribution in [2.24, 2.45) is 5.10 Å². The van der Waals surface area contributed by atoms with Crippen LogP contribution in [0.25, 0.3) is 0 Å². The third-order valence-electron chi connectivity index (χ3n) is 3.65. The first-order valence-electron chi connectivity index (χ1n) is 8.75. The molecule has 0 aliphatic heterocycles. The van der Waals surface area contributed by atoms with Gasteiger partial charge in [0.05, 0.1) is 19.9 Å². The molecule has 2 aromatic carbocycles. The minimum atomic E-state index is -0.419. The van der Waals surface area contributed by atoms with E-state index in [1.165, 1.54) is 12.3 Å². The number of rotatable bonds is 10. The Morgan fingerprint density at radius 1 is 1.18 bits per heavy atom. The number of hydrogen-bond donors (Lipinski definition) is 2. The number of carbonyl (C=O) groups is 1. The van der Waals surface area contributed by atoms with Gasteiger partial charge in [-0.05, 0) is 54.8 Å². The molecule has 7 nitrogen and oxygen atoms in total. The lowest BCUT2D eigenvalue weighted by Crippen LogP contribution is -2.24. The number of carbonyl (C=O) groups excluding carboxylic acids is 1. The van der Waals surface area contributed by atoms with Gasteiger partial charge in [0, 0.05) is 0 Å². The molecule has 0 spiro atoms. The molecule has 0 fully saturated rings. The Balaban J connectivity index is 1.90. The van der Waals surface area contributed by atoms with Crippen molar-refractivity contribution in [3.63, 3.8) is 0 Å². The molecule has 0 aliphatic rings. The van der Waals surface area contributed by atoms with E-state index in [0.29, 0.717) is 35.8 Å². The predicted octanol–water partition coefficient (Wildman–Crippen LogP) is 3.06. The number of phenolic OH excluding ortho intramolecular Hbond substituents is 1. The summed E-state index contributed by atoms with van der Waals surface area (Å²) in [6, 6.07) is 10.3. The van der Waals surface area contributed by atoms with Gasteiger partial charge < -0.3 is 19.3 Å². The average molecular weight is 384 g/mol. The van der Waals surface area contributed by atoms with Gasteiger partial charge in [0.15, 0.2) is 29.6 Å². The fraction of sp³-hybridized carbons (Fsp3) is 0.238. The number of nitrogens with one attached hydrogen (secondary N) is 1. The van der Waals surface area contributed by atoms with Crippen LogP contribution in [0.2, 0.25) is 0 Å². The molecule has 1 amide bonds. The maximum absolute atomic E-state index is 11.9. The van der Waals surface area contributed by atoms with Gasteiger partial charge >= 0.3 is 0 Å². The van der Waals surface area contributed by atoms with Crippen LogP contribution in [0.1, 0.15) is 18.1 Å². The van der Waals surface area contributed by atoms with Gasteiger partial charge in [0.25, 0.3) is 5.91 Å². The number of methoxy groups -OCH3 is 1. The predicted molar refractivity (Wildman–Crippen MR) is 107 cm³/mol. The highest BCUT2D eigenvalue weighted by atomic mass is 16.5. The molecular weight excluding hydrogens is 360 g/mol. The van der Waals surface area contributed by atoms with Crippen molar-refractivity contribution in [3.05, 3.63) is 60.2 Å². The highest BCUT2D eigenvalue weighted by molar-refractivity contribution is 5.83. The Bertz CT molecular complexity index is 849. The van der Waals surface area contributed by atoms with E-state index >= 15 is 0 Å². The summed E-state index contributed by atoms with van der Waals surface area (Å²) in [5.41, 5.74) is 4.09. The van der Waals surface area contributed by atoms with Crippen LogP contribution in [-0.2, 0) is 11.2 Å². The minimum absolute atomic E-state index is 0.0458. The zero-order valence-electron chi connectivity index (χ0n) is 16.0. The molecule has 2 N–H and O–H groups in total. The standard InChI is InChI=1S/C21H24N2O5/c1-4-6-15-8-10-18(20(11-15)26-3)28-14-21(25)23-22-13-16-7-9-17(24)19(12-16)27-5-2/h4,7-13,24H,1,5-6,14H2,2-3H3,(H,23,25)/b22-13+. The van der Waals surface area contributed by atoms with Crippen LogP contribution in [0.3, 0.4) is 0 Å². The normalized spacial score (nSPS) is 10.5. The van der Waals surface area contributed by atoms with Crippen molar-refractivity contribution >= 4 is 12.1 Å². The number of phenols is 1. The summed E-state index contributed by atoms with van der Waals surface area (Å²) in [5.74, 6) is 0.993. The van der Waals surface area contributed by atoms with Gasteiger partial charge in [-0.3, -0.25) is 4.79 Å². The van der Waals surface area contributed by atoms with E-state index in [9.17, 15) is 9.90 Å². The molecule has 0 bridgehead atoms. The molecule has 0 saturated carbocycles. The fourth-order valence-corrected chi connectivity index (χ4v) is 2.36. The van der Waals surface area contributed by atoms with E-state index < -0.39 is 5.91 Å². The van der Waals surface area contributed by atoms with Gasteiger partial charge in [0.1, 0.15) is 0 Å². The Labute approximate surface area is 164 Å². The fourth-order valence-electron chi connectivity index (χ4n) is 2.36. The second kappa shape index (κ2) is 10.6. The molecule has 2 rings (SSSR count). The topological polar surface area (TPSA) is 89.4 Å². The zero-order valence-corrected chi connectivity index (χ0v) is 16.0. The molecular formula is C21H24N2O5. The molecule has 148 valence electrons. The van der Waals surface area contributed by atoms with Crippen LogP contribution in [0.5, 0.6) is 23.0 Å². The van der Waals surface area contributed by atoms with Crippen molar-refractivity contribution in [1.29, 1.82) is 0 Å². The summed E-state index contributed by atoms with van der Waals surface area (Å²) >= 11 is 0. The van der Waals surface area contributed by atoms with Crippen molar-refractivity contribution in [3.8, 4) is 23.0 Å². The molecule has 0 heterocycles. The lowest BCUT2D eigenvalue weighted by atomic mass is 10.1. The van der Waals surface area contributed by atoms with Crippen LogP contribution in [0.4, 0.5) is 0 Å². The van der Waals surface area contributed by atoms with Crippen molar-refractivity contribution < 1.29 is 24.1 Å². The van der Waals surface area contributed by atoms with Gasteiger partial charge in [-0.1, -0.05) is 12.1 Å². The van der Waals surface area contributed by atoms with E-state index in [1.807, 2.05) is 19.1 Å². The largest absolute Gasteiger partial charge is 0.504 e. The number of nitrogens with zero attached hydrogens (tertiary/aromatic N) is 1. The van der Waals surface area contributed by atoms with Gasteiger partial charge in [-0.2, -0.15) is 5.10 Å². The maximum Gasteiger partial charge on any atom is 0.277 e. The summed E-state index contributed by atoms with van der Waals surface area (Å²) in [7, 11) is 1.54. The van der Waals surface area contributed by atoms with Crippen LogP contribution in [0, 0.1) is 0 Å². The second-order valence-corrected chi connectivity index (χ2v) is 5.72. The molecule has 0 unspecified atom stereocenters. The number of ether oxygens (including phenoxy) is 3. The summed E-state index contributed by atoms with van der Waals surface area (Å²) in [5, 5.41) is 13.6. The zero-order chi connectivity index (χ0) is 20.4. The summed E-state index contributed by atoms with van der Waals surface area (Å²) in [6.07, 6.45) is 3.96. The van der Waals surface area contributed by atoms with E-state index in [4.69, 9.17) is 14.2 Å². The summed E-state index contributed by atoms with van der Waals surface area (Å²) < 4.78 is 16.1. The molecule has 28 heavy (non-hydrogen) atoms. The Morgan fingerprint density at radius 2 is 2.00 bits per heavy atom. The summed E-state index contributed by atoms with van der Waals surface area (Å²) in [6.45, 7) is 5.74. The van der Waals surface area contributed by atoms with E-state index in [0.717, 1.165) is 5.56 Å². The highest BCUT2D eigenvalue weighted by Gasteiger charge is 2.08. The molecule has 0 radical (unpaired) electrons. The van der Waals surface area contributed by atoms with Crippen molar-refractivity contribution in [1.82, 2.24) is 5.43 Å². The maximum atomic E-state index is 11.9. The van der Waals surface area contributed by atoms with Crippen LogP contribution in [-0.4, -0.2) is 37.6 Å². The molecule has 2 aromatic rings. The van der Waals surface area contributed by atoms with Gasteiger partial charge in [-0.25, -0.2) is 5.43 Å². The average Bonchev–Trinajstić information content (AvgIpc) is 2.69. The smallest absolute Gasteiger partial charge is 0.277 e. The SMILES string of the molecule is C=CCc1ccc(OCC(=O)N/N=C/c2ccc(O)c(OCC)c2)c(OC)c1. The quantitative estimate of drug-likeness (QED) is 0.373. The Morgan fingerprint density at radius 3 is 2.71 bits per heavy atom. The highest BCUT2D eigenvalue weighted by Crippen LogP contribution is 2.28. The lowest BCUT2D eigenvalue weighted by molar-refractivity contribution is -0.123. The monoisotopic (exact) mass is 384 g/mol. The van der Waals surface area contributed by atoms with Gasteiger partial charge in [-0.15, -0.1) is 6.58 Å². The number of benzene rings is 2. The minimum Gasteiger partial charge on any atom is -0.504 e. The summed E-state index contributed by atoms with van der Waals surface area (Å²) in [4.78, 5) is 11.9. The molecule has 0 aliphatic carbocycles. The molecule has 0 aromatic heterocycles. The van der Waals surface area contributed by atoms with E-state index in [-0.39, 0.29) is 12.4 Å². The number of hydrazone groups is 1. The first-order chi connectivity index (χ1) is 13.6. The second-order valence-electron chi connectivity index (χ2n) is 5.72. The third-order valence-corrected chi connectivity index (χ3v) is 3.65. The van der Waals surface area contributed by atoms with Crippen molar-refractivity contribution in [2.45, 2.75) is 13.3 Å². The van der Waals surface area contributed by atoms with Crippen molar-refractivity contribution in [2.75, 3.05) is 20.3 Å². The number of allylic oxidation sites excluding steroid dienone is 1. The molecule has 0 saturated heterocycles. The first kappa shape index (κ1) is 20.8. The number of amides is 1. The molecule has 7 heteroatoms. The first-order valence-corrected chi connectivity index (χ1v) is 8.75. The van der Waals surface area contributed by atoms with E-state index in [2.05, 4.69) is 17.1 Å². The Hall–Kier alpha value is -3.48. The third kappa shape index (κ3) is 6.05. The number of hydrogen-bond acceptors (Lipinski definition) is 6. The van der Waals surface area contributed by atoms with Crippen LogP contribution >= 0.6 is 0 Å². The Kier molecular flexibility index (Phi) is 7.90. The van der Waals surface area contributed by atoms with Crippen LogP contribution in [0.15, 0.2) is 54.2 Å². The van der Waals surface area contributed by atoms with Crippen LogP contribution < -0.4 is 19.6 Å². The number of aromatic hydroxyl groups is 1. The van der Waals surface area contributed by atoms with E-state index in [1.54, 1.807) is 31.4 Å². The lowest BCUT2D eigenvalue weighted by Gasteiger charge is -2.11. The molecule has 0 atom stereocenters.